The third-order valence-electron chi connectivity index (χ3n) is 3.53. The van der Waals surface area contributed by atoms with Crippen molar-refractivity contribution >= 4 is 17.3 Å². The van der Waals surface area contributed by atoms with Crippen LogP contribution in [-0.4, -0.2) is 12.5 Å². The highest BCUT2D eigenvalue weighted by molar-refractivity contribution is 5.93. The van der Waals surface area contributed by atoms with Crippen LogP contribution in [0.5, 0.6) is 5.75 Å². The van der Waals surface area contributed by atoms with Crippen molar-refractivity contribution in [3.63, 3.8) is 0 Å². The maximum absolute atomic E-state index is 11.9. The molecule has 0 aliphatic rings. The number of para-hydroxylation sites is 2. The Morgan fingerprint density at radius 1 is 1.14 bits per heavy atom. The molecule has 1 amide bonds. The van der Waals surface area contributed by atoms with Gasteiger partial charge in [0.25, 0.3) is 0 Å². The van der Waals surface area contributed by atoms with Gasteiger partial charge in [-0.1, -0.05) is 18.2 Å². The van der Waals surface area contributed by atoms with Crippen molar-refractivity contribution in [2.75, 3.05) is 17.7 Å². The molecule has 0 spiro atoms. The molecule has 2 rings (SSSR count). The molecule has 0 saturated heterocycles. The van der Waals surface area contributed by atoms with E-state index in [2.05, 4.69) is 19.2 Å². The van der Waals surface area contributed by atoms with Gasteiger partial charge in [0.1, 0.15) is 5.75 Å². The normalized spacial score (nSPS) is 10.3. The van der Waals surface area contributed by atoms with E-state index in [4.69, 9.17) is 10.5 Å². The Labute approximate surface area is 131 Å². The van der Waals surface area contributed by atoms with Crippen LogP contribution in [-0.2, 0) is 4.79 Å². The Morgan fingerprint density at radius 2 is 1.91 bits per heavy atom. The first kappa shape index (κ1) is 15.9. The highest BCUT2D eigenvalue weighted by atomic mass is 16.5. The number of hydrogen-bond donors (Lipinski definition) is 2. The van der Waals surface area contributed by atoms with Crippen LogP contribution in [0.2, 0.25) is 0 Å². The van der Waals surface area contributed by atoms with E-state index in [9.17, 15) is 4.79 Å². The first-order chi connectivity index (χ1) is 10.6. The molecule has 116 valence electrons. The molecule has 0 aromatic heterocycles. The number of ether oxygens (including phenoxy) is 1. The van der Waals surface area contributed by atoms with Gasteiger partial charge in [0.2, 0.25) is 5.91 Å². The van der Waals surface area contributed by atoms with Gasteiger partial charge < -0.3 is 15.8 Å². The smallest absolute Gasteiger partial charge is 0.224 e. The predicted octanol–water partition coefficient (Wildman–Crippen LogP) is 3.68. The second kappa shape index (κ2) is 7.50. The fourth-order valence-electron chi connectivity index (χ4n) is 2.05. The zero-order valence-corrected chi connectivity index (χ0v) is 13.1. The first-order valence-electron chi connectivity index (χ1n) is 7.40. The first-order valence-corrected chi connectivity index (χ1v) is 7.40. The summed E-state index contributed by atoms with van der Waals surface area (Å²) >= 11 is 0. The molecule has 0 aliphatic carbocycles. The Bertz CT molecular complexity index is 653. The summed E-state index contributed by atoms with van der Waals surface area (Å²) < 4.78 is 5.66. The van der Waals surface area contributed by atoms with Crippen LogP contribution in [0.3, 0.4) is 0 Å². The van der Waals surface area contributed by atoms with Gasteiger partial charge in [-0.2, -0.15) is 0 Å². The summed E-state index contributed by atoms with van der Waals surface area (Å²) in [5, 5.41) is 2.81. The summed E-state index contributed by atoms with van der Waals surface area (Å²) in [7, 11) is 0. The number of anilines is 2. The molecule has 4 heteroatoms. The van der Waals surface area contributed by atoms with Gasteiger partial charge in [-0.05, 0) is 55.7 Å². The van der Waals surface area contributed by atoms with E-state index in [1.165, 1.54) is 11.1 Å². The molecule has 0 fully saturated rings. The molecular formula is C18H22N2O2. The molecule has 3 N–H and O–H groups in total. The average molecular weight is 298 g/mol. The lowest BCUT2D eigenvalue weighted by Gasteiger charge is -2.09. The Morgan fingerprint density at radius 3 is 2.64 bits per heavy atom. The van der Waals surface area contributed by atoms with E-state index in [0.29, 0.717) is 30.8 Å². The number of benzene rings is 2. The molecule has 2 aromatic rings. The lowest BCUT2D eigenvalue weighted by Crippen LogP contribution is -2.13. The van der Waals surface area contributed by atoms with Crippen LogP contribution in [0.4, 0.5) is 11.4 Å². The van der Waals surface area contributed by atoms with Gasteiger partial charge in [0, 0.05) is 6.42 Å². The van der Waals surface area contributed by atoms with Crippen LogP contribution in [0.15, 0.2) is 42.5 Å². The Kier molecular flexibility index (Phi) is 5.42. The minimum atomic E-state index is -0.0541. The number of amides is 1. The number of aryl methyl sites for hydroxylation is 2. The van der Waals surface area contributed by atoms with Crippen molar-refractivity contribution in [2.24, 2.45) is 0 Å². The lowest BCUT2D eigenvalue weighted by atomic mass is 10.1. The number of nitrogens with one attached hydrogen (secondary N) is 1. The number of carbonyl (C=O) groups excluding carboxylic acids is 1. The van der Waals surface area contributed by atoms with Gasteiger partial charge in [-0.25, -0.2) is 0 Å². The summed E-state index contributed by atoms with van der Waals surface area (Å²) in [6.45, 7) is 4.64. The van der Waals surface area contributed by atoms with Crippen LogP contribution in [0.25, 0.3) is 0 Å². The minimum absolute atomic E-state index is 0.0541. The molecule has 0 unspecified atom stereocenters. The SMILES string of the molecule is Cc1ccc(OCCCC(=O)Nc2ccccc2N)cc1C. The zero-order valence-electron chi connectivity index (χ0n) is 13.1. The fourth-order valence-corrected chi connectivity index (χ4v) is 2.05. The van der Waals surface area contributed by atoms with E-state index in [1.807, 2.05) is 30.3 Å². The van der Waals surface area contributed by atoms with Gasteiger partial charge in [-0.15, -0.1) is 0 Å². The van der Waals surface area contributed by atoms with Crippen LogP contribution < -0.4 is 15.8 Å². The number of hydrogen-bond acceptors (Lipinski definition) is 3. The summed E-state index contributed by atoms with van der Waals surface area (Å²) in [6, 6.07) is 13.2. The van der Waals surface area contributed by atoms with Crippen LogP contribution in [0, 0.1) is 13.8 Å². The summed E-state index contributed by atoms with van der Waals surface area (Å²) in [5.41, 5.74) is 9.46. The maximum Gasteiger partial charge on any atom is 0.224 e. The Balaban J connectivity index is 1.73. The van der Waals surface area contributed by atoms with E-state index in [0.717, 1.165) is 5.75 Å². The molecule has 4 nitrogen and oxygen atoms in total. The van der Waals surface area contributed by atoms with E-state index < -0.39 is 0 Å². The monoisotopic (exact) mass is 298 g/mol. The van der Waals surface area contributed by atoms with Gasteiger partial charge in [0.05, 0.1) is 18.0 Å². The maximum atomic E-state index is 11.9. The second-order valence-electron chi connectivity index (χ2n) is 5.33. The molecule has 0 bridgehead atoms. The standard InChI is InChI=1S/C18H22N2O2/c1-13-9-10-15(12-14(13)2)22-11-5-8-18(21)20-17-7-4-3-6-16(17)19/h3-4,6-7,9-10,12H,5,8,11,19H2,1-2H3,(H,20,21). The molecule has 0 heterocycles. The molecule has 0 radical (unpaired) electrons. The average Bonchev–Trinajstić information content (AvgIpc) is 2.49. The summed E-state index contributed by atoms with van der Waals surface area (Å²) in [6.07, 6.45) is 1.06. The predicted molar refractivity (Wildman–Crippen MR) is 90.1 cm³/mol. The van der Waals surface area contributed by atoms with Crippen molar-refractivity contribution in [1.29, 1.82) is 0 Å². The molecule has 22 heavy (non-hydrogen) atoms. The number of rotatable bonds is 6. The summed E-state index contributed by atoms with van der Waals surface area (Å²) in [5.74, 6) is 0.789. The van der Waals surface area contributed by atoms with Crippen molar-refractivity contribution in [1.82, 2.24) is 0 Å². The summed E-state index contributed by atoms with van der Waals surface area (Å²) in [4.78, 5) is 11.9. The van der Waals surface area contributed by atoms with Crippen molar-refractivity contribution < 1.29 is 9.53 Å². The van der Waals surface area contributed by atoms with Gasteiger partial charge >= 0.3 is 0 Å². The third kappa shape index (κ3) is 4.52. The lowest BCUT2D eigenvalue weighted by molar-refractivity contribution is -0.116. The largest absolute Gasteiger partial charge is 0.494 e. The quantitative estimate of drug-likeness (QED) is 0.631. The van der Waals surface area contributed by atoms with Crippen LogP contribution in [0.1, 0.15) is 24.0 Å². The van der Waals surface area contributed by atoms with Crippen molar-refractivity contribution in [3.05, 3.63) is 53.6 Å². The molecule has 0 atom stereocenters. The van der Waals surface area contributed by atoms with Gasteiger partial charge in [0.15, 0.2) is 0 Å². The van der Waals surface area contributed by atoms with E-state index in [-0.39, 0.29) is 5.91 Å². The molecule has 2 aromatic carbocycles. The second-order valence-corrected chi connectivity index (χ2v) is 5.33. The number of nitrogens with two attached hydrogens (primary N) is 1. The number of carbonyl (C=O) groups is 1. The fraction of sp³-hybridized carbons (Fsp3) is 0.278. The Hall–Kier alpha value is -2.49. The minimum Gasteiger partial charge on any atom is -0.494 e. The van der Waals surface area contributed by atoms with E-state index >= 15 is 0 Å². The molecular weight excluding hydrogens is 276 g/mol. The molecule has 0 aliphatic heterocycles. The third-order valence-corrected chi connectivity index (χ3v) is 3.53. The van der Waals surface area contributed by atoms with Crippen molar-refractivity contribution in [2.45, 2.75) is 26.7 Å². The number of nitrogen functional groups attached to an aromatic ring is 1. The van der Waals surface area contributed by atoms with Crippen molar-refractivity contribution in [3.8, 4) is 5.75 Å². The molecule has 0 saturated carbocycles. The zero-order chi connectivity index (χ0) is 15.9. The van der Waals surface area contributed by atoms with E-state index in [1.54, 1.807) is 12.1 Å². The topological polar surface area (TPSA) is 64.3 Å². The highest BCUT2D eigenvalue weighted by Crippen LogP contribution is 2.18. The van der Waals surface area contributed by atoms with Gasteiger partial charge in [-0.3, -0.25) is 4.79 Å². The van der Waals surface area contributed by atoms with Crippen LogP contribution >= 0.6 is 0 Å². The highest BCUT2D eigenvalue weighted by Gasteiger charge is 2.05.